The lowest BCUT2D eigenvalue weighted by atomic mass is 10.0. The summed E-state index contributed by atoms with van der Waals surface area (Å²) in [6.07, 6.45) is 2.36. The molecule has 0 radical (unpaired) electrons. The van der Waals surface area contributed by atoms with Crippen LogP contribution in [0.4, 0.5) is 4.39 Å². The fourth-order valence-electron chi connectivity index (χ4n) is 2.97. The monoisotopic (exact) mass is 450 g/mol. The normalized spacial score (nSPS) is 11.0. The van der Waals surface area contributed by atoms with Crippen LogP contribution in [0.3, 0.4) is 0 Å². The third-order valence-electron chi connectivity index (χ3n) is 4.53. The van der Waals surface area contributed by atoms with Crippen LogP contribution in [0.5, 0.6) is 17.4 Å². The highest BCUT2D eigenvalue weighted by molar-refractivity contribution is 6.28. The van der Waals surface area contributed by atoms with Crippen LogP contribution < -0.4 is 14.9 Å². The summed E-state index contributed by atoms with van der Waals surface area (Å²) in [5.41, 5.74) is 3.41. The summed E-state index contributed by atoms with van der Waals surface area (Å²) in [6, 6.07) is 17.6. The van der Waals surface area contributed by atoms with Gasteiger partial charge in [0.05, 0.1) is 19.5 Å². The summed E-state index contributed by atoms with van der Waals surface area (Å²) in [7, 11) is 1.55. The van der Waals surface area contributed by atoms with E-state index >= 15 is 0 Å². The minimum absolute atomic E-state index is 0.149. The number of benzene rings is 3. The van der Waals surface area contributed by atoms with Crippen molar-refractivity contribution in [1.29, 1.82) is 0 Å². The van der Waals surface area contributed by atoms with E-state index in [1.807, 2.05) is 30.3 Å². The van der Waals surface area contributed by atoms with E-state index in [4.69, 9.17) is 21.1 Å². The molecule has 160 valence electrons. The minimum Gasteiger partial charge on any atom is -0.497 e. The summed E-state index contributed by atoms with van der Waals surface area (Å²) in [4.78, 5) is 19.7. The van der Waals surface area contributed by atoms with E-state index in [-0.39, 0.29) is 16.9 Å². The molecule has 0 aliphatic heterocycles. The highest BCUT2D eigenvalue weighted by Gasteiger charge is 2.13. The van der Waals surface area contributed by atoms with Crippen LogP contribution in [0.1, 0.15) is 15.9 Å². The van der Waals surface area contributed by atoms with E-state index in [2.05, 4.69) is 20.5 Å². The zero-order valence-electron chi connectivity index (χ0n) is 16.8. The van der Waals surface area contributed by atoms with E-state index in [1.54, 1.807) is 37.4 Å². The summed E-state index contributed by atoms with van der Waals surface area (Å²) < 4.78 is 24.8. The van der Waals surface area contributed by atoms with E-state index in [1.165, 1.54) is 6.21 Å². The molecule has 0 atom stereocenters. The van der Waals surface area contributed by atoms with Crippen molar-refractivity contribution in [1.82, 2.24) is 15.4 Å². The molecule has 0 aliphatic carbocycles. The first-order valence-corrected chi connectivity index (χ1v) is 9.78. The lowest BCUT2D eigenvalue weighted by Crippen LogP contribution is -2.17. The number of halogens is 2. The second kappa shape index (κ2) is 9.40. The fourth-order valence-corrected chi connectivity index (χ4v) is 3.09. The number of amides is 1. The largest absolute Gasteiger partial charge is 0.497 e. The van der Waals surface area contributed by atoms with Gasteiger partial charge in [-0.25, -0.2) is 10.4 Å². The van der Waals surface area contributed by atoms with Gasteiger partial charge in [-0.3, -0.25) is 4.79 Å². The molecule has 0 aliphatic rings. The van der Waals surface area contributed by atoms with Gasteiger partial charge in [0.1, 0.15) is 11.5 Å². The molecule has 0 saturated carbocycles. The smallest absolute Gasteiger partial charge is 0.271 e. The number of nitrogens with one attached hydrogen (secondary N) is 1. The Balaban J connectivity index is 1.64. The highest BCUT2D eigenvalue weighted by Crippen LogP contribution is 2.31. The van der Waals surface area contributed by atoms with Gasteiger partial charge in [-0.05, 0) is 52.7 Å². The maximum atomic E-state index is 14.1. The highest BCUT2D eigenvalue weighted by atomic mass is 35.5. The molecule has 4 aromatic rings. The number of hydrogen-bond acceptors (Lipinski definition) is 6. The number of carbonyl (C=O) groups is 1. The van der Waals surface area contributed by atoms with Crippen LogP contribution in [-0.2, 0) is 0 Å². The lowest BCUT2D eigenvalue weighted by molar-refractivity contribution is 0.0955. The van der Waals surface area contributed by atoms with Crippen LogP contribution in [0.15, 0.2) is 72.0 Å². The molecule has 0 bridgehead atoms. The van der Waals surface area contributed by atoms with Crippen LogP contribution in [0, 0.1) is 5.82 Å². The Bertz CT molecular complexity index is 1310. The van der Waals surface area contributed by atoms with Crippen molar-refractivity contribution >= 4 is 34.5 Å². The Labute approximate surface area is 187 Å². The lowest BCUT2D eigenvalue weighted by Gasteiger charge is -2.11. The van der Waals surface area contributed by atoms with E-state index in [0.717, 1.165) is 17.0 Å². The SMILES string of the molecule is COc1ccc(C(=O)N/N=C\c2c(Oc3nc(Cl)ncc3F)ccc3ccccc23)cc1. The van der Waals surface area contributed by atoms with Gasteiger partial charge in [-0.1, -0.05) is 30.3 Å². The van der Waals surface area contributed by atoms with Crippen molar-refractivity contribution in [3.8, 4) is 17.4 Å². The Morgan fingerprint density at radius 2 is 1.91 bits per heavy atom. The molecule has 7 nitrogen and oxygen atoms in total. The van der Waals surface area contributed by atoms with Crippen LogP contribution in [-0.4, -0.2) is 29.2 Å². The van der Waals surface area contributed by atoms with E-state index < -0.39 is 11.7 Å². The van der Waals surface area contributed by atoms with Crippen molar-refractivity contribution < 1.29 is 18.7 Å². The van der Waals surface area contributed by atoms with Gasteiger partial charge in [0.2, 0.25) is 11.1 Å². The molecule has 0 unspecified atom stereocenters. The standard InChI is InChI=1S/C23H16ClFN4O3/c1-31-16-9-6-15(7-10-16)21(30)29-27-12-18-17-5-3-2-4-14(17)8-11-20(18)32-22-19(25)13-26-23(24)28-22/h2-13H,1H3,(H,29,30)/b27-12-. The summed E-state index contributed by atoms with van der Waals surface area (Å²) in [6.45, 7) is 0. The minimum atomic E-state index is -0.766. The predicted octanol–water partition coefficient (Wildman–Crippen LogP) is 4.99. The third kappa shape index (κ3) is 4.65. The van der Waals surface area contributed by atoms with Gasteiger partial charge in [0, 0.05) is 11.1 Å². The van der Waals surface area contributed by atoms with Gasteiger partial charge in [0.25, 0.3) is 11.8 Å². The first-order valence-electron chi connectivity index (χ1n) is 9.40. The maximum absolute atomic E-state index is 14.1. The van der Waals surface area contributed by atoms with Gasteiger partial charge in [0.15, 0.2) is 0 Å². The van der Waals surface area contributed by atoms with Gasteiger partial charge >= 0.3 is 0 Å². The number of carbonyl (C=O) groups excluding carboxylic acids is 1. The van der Waals surface area contributed by atoms with E-state index in [0.29, 0.717) is 16.9 Å². The number of rotatable bonds is 6. The Kier molecular flexibility index (Phi) is 6.23. The van der Waals surface area contributed by atoms with Crippen molar-refractivity contribution in [3.05, 3.63) is 89.1 Å². The van der Waals surface area contributed by atoms with Crippen LogP contribution in [0.2, 0.25) is 5.28 Å². The summed E-state index contributed by atoms with van der Waals surface area (Å²) >= 11 is 5.76. The van der Waals surface area contributed by atoms with Crippen molar-refractivity contribution in [2.45, 2.75) is 0 Å². The number of nitrogens with zero attached hydrogens (tertiary/aromatic N) is 3. The molecular weight excluding hydrogens is 435 g/mol. The zero-order chi connectivity index (χ0) is 22.5. The molecule has 32 heavy (non-hydrogen) atoms. The molecule has 0 spiro atoms. The number of hydrazone groups is 1. The Morgan fingerprint density at radius 3 is 2.69 bits per heavy atom. The van der Waals surface area contributed by atoms with Gasteiger partial charge in [-0.15, -0.1) is 0 Å². The van der Waals surface area contributed by atoms with Gasteiger partial charge < -0.3 is 9.47 Å². The quantitative estimate of drug-likeness (QED) is 0.254. The molecule has 1 N–H and O–H groups in total. The number of methoxy groups -OCH3 is 1. The number of ether oxygens (including phenoxy) is 2. The average Bonchev–Trinajstić information content (AvgIpc) is 2.82. The Hall–Kier alpha value is -4.04. The van der Waals surface area contributed by atoms with E-state index in [9.17, 15) is 9.18 Å². The zero-order valence-corrected chi connectivity index (χ0v) is 17.5. The molecule has 1 heterocycles. The molecule has 1 amide bonds. The van der Waals surface area contributed by atoms with Crippen LogP contribution >= 0.6 is 11.6 Å². The molecule has 0 fully saturated rings. The first kappa shape index (κ1) is 21.2. The molecule has 9 heteroatoms. The molecule has 4 rings (SSSR count). The Morgan fingerprint density at radius 1 is 1.12 bits per heavy atom. The van der Waals surface area contributed by atoms with Crippen molar-refractivity contribution in [3.63, 3.8) is 0 Å². The fraction of sp³-hybridized carbons (Fsp3) is 0.0435. The molecule has 3 aromatic carbocycles. The third-order valence-corrected chi connectivity index (χ3v) is 4.71. The van der Waals surface area contributed by atoms with Crippen molar-refractivity contribution in [2.75, 3.05) is 7.11 Å². The first-order chi connectivity index (χ1) is 15.5. The average molecular weight is 451 g/mol. The molecule has 0 saturated heterocycles. The summed E-state index contributed by atoms with van der Waals surface area (Å²) in [5, 5.41) is 5.61. The molecular formula is C23H16ClFN4O3. The second-order valence-electron chi connectivity index (χ2n) is 6.52. The van der Waals surface area contributed by atoms with Crippen molar-refractivity contribution in [2.24, 2.45) is 5.10 Å². The van der Waals surface area contributed by atoms with Crippen LogP contribution in [0.25, 0.3) is 10.8 Å². The second-order valence-corrected chi connectivity index (χ2v) is 6.86. The number of hydrogen-bond donors (Lipinski definition) is 1. The predicted molar refractivity (Wildman–Crippen MR) is 119 cm³/mol. The van der Waals surface area contributed by atoms with Gasteiger partial charge in [-0.2, -0.15) is 14.5 Å². The topological polar surface area (TPSA) is 85.7 Å². The number of aromatic nitrogens is 2. The number of fused-ring (bicyclic) bond motifs is 1. The molecule has 1 aromatic heterocycles. The summed E-state index contributed by atoms with van der Waals surface area (Å²) in [5.74, 6) is -0.574. The maximum Gasteiger partial charge on any atom is 0.271 e.